The number of hydrogen-bond acceptors (Lipinski definition) is 4. The molecule has 1 aromatic carbocycles. The van der Waals surface area contributed by atoms with Gasteiger partial charge in [-0.2, -0.15) is 0 Å². The van der Waals surface area contributed by atoms with Crippen molar-refractivity contribution in [3.8, 4) is 5.75 Å². The van der Waals surface area contributed by atoms with Crippen molar-refractivity contribution < 1.29 is 14.3 Å². The third-order valence-corrected chi connectivity index (χ3v) is 3.11. The van der Waals surface area contributed by atoms with Gasteiger partial charge >= 0.3 is 5.97 Å². The molecule has 1 aromatic rings. The lowest BCUT2D eigenvalue weighted by atomic mass is 10.2. The van der Waals surface area contributed by atoms with Gasteiger partial charge in [0.05, 0.1) is 0 Å². The number of rotatable bonds is 9. The summed E-state index contributed by atoms with van der Waals surface area (Å²) >= 11 is 0. The van der Waals surface area contributed by atoms with Crippen molar-refractivity contribution >= 4 is 17.8 Å². The fourth-order valence-corrected chi connectivity index (χ4v) is 1.86. The molecule has 1 unspecified atom stereocenters. The van der Waals surface area contributed by atoms with Crippen molar-refractivity contribution in [2.45, 2.75) is 39.2 Å². The van der Waals surface area contributed by atoms with E-state index in [1.807, 2.05) is 0 Å². The van der Waals surface area contributed by atoms with Gasteiger partial charge in [0.25, 0.3) is 0 Å². The first-order chi connectivity index (χ1) is 10.1. The van der Waals surface area contributed by atoms with Crippen LogP contribution in [0.1, 0.15) is 38.7 Å². The Kier molecular flexibility index (Phi) is 7.40. The van der Waals surface area contributed by atoms with Gasteiger partial charge in [-0.05, 0) is 37.6 Å². The molecule has 0 spiro atoms. The summed E-state index contributed by atoms with van der Waals surface area (Å²) in [6.45, 7) is 7.78. The zero-order chi connectivity index (χ0) is 15.7. The Morgan fingerprint density at radius 1 is 1.29 bits per heavy atom. The average Bonchev–Trinajstić information content (AvgIpc) is 2.47. The van der Waals surface area contributed by atoms with Crippen LogP contribution in [0.25, 0.3) is 6.08 Å². The van der Waals surface area contributed by atoms with Crippen molar-refractivity contribution in [2.24, 2.45) is 0 Å². The van der Waals surface area contributed by atoms with E-state index in [9.17, 15) is 9.59 Å². The average molecular weight is 289 g/mol. The van der Waals surface area contributed by atoms with Crippen molar-refractivity contribution in [1.82, 2.24) is 5.32 Å². The van der Waals surface area contributed by atoms with Gasteiger partial charge in [0.15, 0.2) is 11.8 Å². The topological polar surface area (TPSA) is 55.4 Å². The van der Waals surface area contributed by atoms with Gasteiger partial charge in [-0.25, -0.2) is 4.79 Å². The number of nitrogens with one attached hydrogen (secondary N) is 1. The van der Waals surface area contributed by atoms with Crippen molar-refractivity contribution in [1.29, 1.82) is 0 Å². The second-order valence-electron chi connectivity index (χ2n) is 4.90. The lowest BCUT2D eigenvalue weighted by molar-refractivity contribution is -0.140. The standard InChI is InChI=1S/C17H23NO3/c1-4-6-7-12-18-16(13(3)19)17(20)21-15-10-8-14(5-2)9-11-15/h5,8-11,16,18H,2,4,6-7,12H2,1,3H3. The van der Waals surface area contributed by atoms with E-state index in [4.69, 9.17) is 4.74 Å². The number of esters is 1. The third kappa shape index (κ3) is 5.92. The molecule has 1 rings (SSSR count). The third-order valence-electron chi connectivity index (χ3n) is 3.11. The fraction of sp³-hybridized carbons (Fsp3) is 0.412. The van der Waals surface area contributed by atoms with Gasteiger partial charge < -0.3 is 4.74 Å². The maximum absolute atomic E-state index is 12.0. The summed E-state index contributed by atoms with van der Waals surface area (Å²) in [5, 5.41) is 2.96. The minimum absolute atomic E-state index is 0.237. The van der Waals surface area contributed by atoms with E-state index in [1.54, 1.807) is 30.3 Å². The van der Waals surface area contributed by atoms with Gasteiger partial charge in [0.2, 0.25) is 0 Å². The Hall–Kier alpha value is -1.94. The van der Waals surface area contributed by atoms with Gasteiger partial charge in [0.1, 0.15) is 5.75 Å². The van der Waals surface area contributed by atoms with Crippen LogP contribution in [0.5, 0.6) is 5.75 Å². The maximum atomic E-state index is 12.0. The van der Waals surface area contributed by atoms with E-state index >= 15 is 0 Å². The molecule has 0 bridgehead atoms. The molecule has 114 valence electrons. The summed E-state index contributed by atoms with van der Waals surface area (Å²) in [5.74, 6) is -0.378. The second-order valence-corrected chi connectivity index (χ2v) is 4.90. The molecule has 0 fully saturated rings. The van der Waals surface area contributed by atoms with Gasteiger partial charge in [-0.15, -0.1) is 0 Å². The quantitative estimate of drug-likeness (QED) is 0.329. The summed E-state index contributed by atoms with van der Waals surface area (Å²) in [6, 6.07) is 6.06. The zero-order valence-corrected chi connectivity index (χ0v) is 12.7. The highest BCUT2D eigenvalue weighted by atomic mass is 16.5. The molecule has 0 aliphatic carbocycles. The van der Waals surface area contributed by atoms with Crippen LogP contribution in [-0.2, 0) is 9.59 Å². The Bertz CT molecular complexity index is 479. The van der Waals surface area contributed by atoms with Crippen LogP contribution < -0.4 is 10.1 Å². The van der Waals surface area contributed by atoms with E-state index in [0.29, 0.717) is 12.3 Å². The predicted molar refractivity (Wildman–Crippen MR) is 84.2 cm³/mol. The van der Waals surface area contributed by atoms with Gasteiger partial charge in [0, 0.05) is 0 Å². The van der Waals surface area contributed by atoms with Crippen LogP contribution in [0, 0.1) is 0 Å². The fourth-order valence-electron chi connectivity index (χ4n) is 1.86. The highest BCUT2D eigenvalue weighted by Crippen LogP contribution is 2.13. The summed E-state index contributed by atoms with van der Waals surface area (Å²) in [4.78, 5) is 23.6. The second kappa shape index (κ2) is 9.08. The number of ether oxygens (including phenoxy) is 1. The highest BCUT2D eigenvalue weighted by Gasteiger charge is 2.24. The molecule has 0 saturated heterocycles. The molecule has 0 aliphatic heterocycles. The molecule has 0 radical (unpaired) electrons. The van der Waals surface area contributed by atoms with Crippen LogP contribution in [0.4, 0.5) is 0 Å². The molecule has 0 aromatic heterocycles. The van der Waals surface area contributed by atoms with Crippen LogP contribution in [0.15, 0.2) is 30.8 Å². The molecule has 4 heteroatoms. The summed E-state index contributed by atoms with van der Waals surface area (Å²) < 4.78 is 5.24. The van der Waals surface area contributed by atoms with Crippen molar-refractivity contribution in [2.75, 3.05) is 6.54 Å². The van der Waals surface area contributed by atoms with E-state index < -0.39 is 12.0 Å². The molecule has 21 heavy (non-hydrogen) atoms. The number of carbonyl (C=O) groups is 2. The minimum atomic E-state index is -0.902. The number of carbonyl (C=O) groups excluding carboxylic acids is 2. The molecule has 4 nitrogen and oxygen atoms in total. The summed E-state index contributed by atoms with van der Waals surface area (Å²) in [6.07, 6.45) is 4.79. The normalized spacial score (nSPS) is 11.7. The number of benzene rings is 1. The molecule has 0 amide bonds. The lowest BCUT2D eigenvalue weighted by Gasteiger charge is -2.14. The van der Waals surface area contributed by atoms with Gasteiger partial charge in [-0.1, -0.05) is 44.6 Å². The lowest BCUT2D eigenvalue weighted by Crippen LogP contribution is -2.45. The Morgan fingerprint density at radius 2 is 1.95 bits per heavy atom. The number of ketones is 1. The zero-order valence-electron chi connectivity index (χ0n) is 12.7. The van der Waals surface area contributed by atoms with Crippen LogP contribution in [0.3, 0.4) is 0 Å². The van der Waals surface area contributed by atoms with Crippen molar-refractivity contribution in [3.63, 3.8) is 0 Å². The number of Topliss-reactive ketones (excluding diaryl/α,β-unsaturated/α-hetero) is 1. The van der Waals surface area contributed by atoms with E-state index in [1.165, 1.54) is 6.92 Å². The van der Waals surface area contributed by atoms with E-state index in [-0.39, 0.29) is 5.78 Å². The minimum Gasteiger partial charge on any atom is -0.425 e. The highest BCUT2D eigenvalue weighted by molar-refractivity contribution is 6.02. The van der Waals surface area contributed by atoms with Crippen LogP contribution >= 0.6 is 0 Å². The smallest absolute Gasteiger partial charge is 0.336 e. The molecular weight excluding hydrogens is 266 g/mol. The van der Waals surface area contributed by atoms with Crippen molar-refractivity contribution in [3.05, 3.63) is 36.4 Å². The number of unbranched alkanes of at least 4 members (excludes halogenated alkanes) is 2. The van der Waals surface area contributed by atoms with E-state index in [2.05, 4.69) is 18.8 Å². The Morgan fingerprint density at radius 3 is 2.48 bits per heavy atom. The number of hydrogen-bond donors (Lipinski definition) is 1. The Labute approximate surface area is 126 Å². The largest absolute Gasteiger partial charge is 0.425 e. The van der Waals surface area contributed by atoms with E-state index in [0.717, 1.165) is 24.8 Å². The molecule has 0 saturated carbocycles. The molecule has 1 N–H and O–H groups in total. The predicted octanol–water partition coefficient (Wildman–Crippen LogP) is 2.97. The SMILES string of the molecule is C=Cc1ccc(OC(=O)C(NCCCCC)C(C)=O)cc1. The molecule has 0 heterocycles. The first kappa shape index (κ1) is 17.1. The first-order valence-electron chi connectivity index (χ1n) is 7.26. The van der Waals surface area contributed by atoms with Gasteiger partial charge in [-0.3, -0.25) is 10.1 Å². The Balaban J connectivity index is 2.59. The van der Waals surface area contributed by atoms with Crippen LogP contribution in [0.2, 0.25) is 0 Å². The first-order valence-corrected chi connectivity index (χ1v) is 7.26. The monoisotopic (exact) mass is 289 g/mol. The van der Waals surface area contributed by atoms with Crippen LogP contribution in [-0.4, -0.2) is 24.3 Å². The maximum Gasteiger partial charge on any atom is 0.336 e. The molecule has 0 aliphatic rings. The molecule has 1 atom stereocenters. The molecular formula is C17H23NO3. The summed E-state index contributed by atoms with van der Waals surface area (Å²) in [7, 11) is 0. The summed E-state index contributed by atoms with van der Waals surface area (Å²) in [5.41, 5.74) is 0.940.